The van der Waals surface area contributed by atoms with Gasteiger partial charge in [0, 0.05) is 36.6 Å². The van der Waals surface area contributed by atoms with Crippen LogP contribution in [0.15, 0.2) is 42.6 Å². The lowest BCUT2D eigenvalue weighted by Gasteiger charge is -2.09. The van der Waals surface area contributed by atoms with Gasteiger partial charge in [-0.15, -0.1) is 0 Å². The first kappa shape index (κ1) is 19.0. The van der Waals surface area contributed by atoms with Crippen LogP contribution >= 0.6 is 12.2 Å². The van der Waals surface area contributed by atoms with Crippen molar-refractivity contribution in [2.24, 2.45) is 0 Å². The molecule has 3 aromatic rings. The number of aromatic nitrogens is 4. The molecule has 0 atom stereocenters. The molecule has 0 aliphatic rings. The molecule has 2 N–H and O–H groups in total. The summed E-state index contributed by atoms with van der Waals surface area (Å²) in [6.45, 7) is 5.99. The Morgan fingerprint density at radius 1 is 1.19 bits per heavy atom. The molecule has 0 aliphatic heterocycles. The molecule has 142 valence electrons. The van der Waals surface area contributed by atoms with Gasteiger partial charge in [-0.05, 0) is 44.6 Å². The third-order valence-corrected chi connectivity index (χ3v) is 4.35. The van der Waals surface area contributed by atoms with Gasteiger partial charge in [-0.25, -0.2) is 4.39 Å². The van der Waals surface area contributed by atoms with Gasteiger partial charge in [-0.3, -0.25) is 9.36 Å². The van der Waals surface area contributed by atoms with Gasteiger partial charge in [0.05, 0.1) is 12.2 Å². The number of nitrogens with zero attached hydrogens (tertiary/aromatic N) is 4. The zero-order chi connectivity index (χ0) is 19.2. The smallest absolute Gasteiger partial charge is 0.171 e. The van der Waals surface area contributed by atoms with Crippen molar-refractivity contribution in [3.8, 4) is 0 Å². The van der Waals surface area contributed by atoms with Gasteiger partial charge in [-0.1, -0.05) is 18.2 Å². The number of benzene rings is 1. The molecule has 1 aromatic carbocycles. The van der Waals surface area contributed by atoms with Crippen LogP contribution < -0.4 is 10.6 Å². The highest BCUT2D eigenvalue weighted by atomic mass is 32.1. The van der Waals surface area contributed by atoms with Gasteiger partial charge in [0.15, 0.2) is 10.9 Å². The molecule has 3 rings (SSSR count). The van der Waals surface area contributed by atoms with Crippen LogP contribution in [0.4, 0.5) is 10.2 Å². The van der Waals surface area contributed by atoms with Crippen molar-refractivity contribution in [2.45, 2.75) is 33.4 Å². The highest BCUT2D eigenvalue weighted by Gasteiger charge is 2.05. The van der Waals surface area contributed by atoms with E-state index >= 15 is 0 Å². The number of anilines is 1. The average Bonchev–Trinajstić information content (AvgIpc) is 3.19. The standard InChI is InChI=1S/C19H23FN6S/c1-14-12-15(2)26(23-14)10-5-9-21-19(27)22-18-8-11-25(24-18)13-16-6-3-4-7-17(16)20/h3-4,6-8,11-12H,5,9-10,13H2,1-2H3,(H2,21,22,24,27). The first-order valence-corrected chi connectivity index (χ1v) is 9.25. The minimum absolute atomic E-state index is 0.234. The van der Waals surface area contributed by atoms with E-state index in [1.807, 2.05) is 23.7 Å². The highest BCUT2D eigenvalue weighted by Crippen LogP contribution is 2.10. The lowest BCUT2D eigenvalue weighted by Crippen LogP contribution is -2.30. The van der Waals surface area contributed by atoms with E-state index in [0.29, 0.717) is 23.0 Å². The highest BCUT2D eigenvalue weighted by molar-refractivity contribution is 7.80. The summed E-state index contributed by atoms with van der Waals surface area (Å²) in [7, 11) is 0. The molecular formula is C19H23FN6S. The number of hydrogen-bond acceptors (Lipinski definition) is 3. The van der Waals surface area contributed by atoms with Gasteiger partial charge in [0.2, 0.25) is 0 Å². The van der Waals surface area contributed by atoms with Crippen molar-refractivity contribution in [3.63, 3.8) is 0 Å². The van der Waals surface area contributed by atoms with Crippen LogP contribution in [-0.4, -0.2) is 31.2 Å². The van der Waals surface area contributed by atoms with E-state index < -0.39 is 0 Å². The first-order valence-electron chi connectivity index (χ1n) is 8.84. The molecule has 2 heterocycles. The van der Waals surface area contributed by atoms with E-state index in [1.165, 1.54) is 6.07 Å². The maximum Gasteiger partial charge on any atom is 0.171 e. The minimum atomic E-state index is -0.234. The van der Waals surface area contributed by atoms with Crippen molar-refractivity contribution < 1.29 is 4.39 Å². The fraction of sp³-hybridized carbons (Fsp3) is 0.316. The molecule has 2 aromatic heterocycles. The Balaban J connectivity index is 1.42. The molecule has 0 saturated heterocycles. The fourth-order valence-electron chi connectivity index (χ4n) is 2.81. The average molecular weight is 387 g/mol. The monoisotopic (exact) mass is 386 g/mol. The molecule has 0 amide bonds. The fourth-order valence-corrected chi connectivity index (χ4v) is 3.02. The Labute approximate surface area is 163 Å². The molecule has 0 bridgehead atoms. The number of rotatable bonds is 7. The number of halogens is 1. The lowest BCUT2D eigenvalue weighted by molar-refractivity contribution is 0.558. The molecule has 27 heavy (non-hydrogen) atoms. The number of nitrogens with one attached hydrogen (secondary N) is 2. The van der Waals surface area contributed by atoms with Crippen LogP contribution in [0.5, 0.6) is 0 Å². The predicted octanol–water partition coefficient (Wildman–Crippen LogP) is 3.26. The lowest BCUT2D eigenvalue weighted by atomic mass is 10.2. The Morgan fingerprint density at radius 2 is 2.00 bits per heavy atom. The summed E-state index contributed by atoms with van der Waals surface area (Å²) in [5, 5.41) is 15.5. The second-order valence-corrected chi connectivity index (χ2v) is 6.78. The summed E-state index contributed by atoms with van der Waals surface area (Å²) >= 11 is 5.30. The first-order chi connectivity index (χ1) is 13.0. The molecular weight excluding hydrogens is 363 g/mol. The Bertz CT molecular complexity index is 917. The molecule has 0 saturated carbocycles. The largest absolute Gasteiger partial charge is 0.362 e. The zero-order valence-electron chi connectivity index (χ0n) is 15.4. The molecule has 6 nitrogen and oxygen atoms in total. The minimum Gasteiger partial charge on any atom is -0.362 e. The third kappa shape index (κ3) is 5.37. The summed E-state index contributed by atoms with van der Waals surface area (Å²) in [5.74, 6) is 0.393. The summed E-state index contributed by atoms with van der Waals surface area (Å²) < 4.78 is 17.4. The summed E-state index contributed by atoms with van der Waals surface area (Å²) in [4.78, 5) is 0. The van der Waals surface area contributed by atoms with Crippen LogP contribution in [0.25, 0.3) is 0 Å². The Morgan fingerprint density at radius 3 is 2.74 bits per heavy atom. The predicted molar refractivity (Wildman–Crippen MR) is 108 cm³/mol. The number of hydrogen-bond donors (Lipinski definition) is 2. The van der Waals surface area contributed by atoms with E-state index in [4.69, 9.17) is 12.2 Å². The summed E-state index contributed by atoms with van der Waals surface area (Å²) in [5.41, 5.74) is 2.79. The third-order valence-electron chi connectivity index (χ3n) is 4.11. The van der Waals surface area contributed by atoms with Gasteiger partial charge in [0.1, 0.15) is 5.82 Å². The molecule has 0 unspecified atom stereocenters. The number of thiocarbonyl (C=S) groups is 1. The zero-order valence-corrected chi connectivity index (χ0v) is 16.3. The van der Waals surface area contributed by atoms with Crippen molar-refractivity contribution in [2.75, 3.05) is 11.9 Å². The van der Waals surface area contributed by atoms with Gasteiger partial charge < -0.3 is 10.6 Å². The maximum atomic E-state index is 13.7. The van der Waals surface area contributed by atoms with Crippen LogP contribution in [0.3, 0.4) is 0 Å². The number of aryl methyl sites for hydroxylation is 3. The van der Waals surface area contributed by atoms with Gasteiger partial charge >= 0.3 is 0 Å². The quantitative estimate of drug-likeness (QED) is 0.482. The second-order valence-electron chi connectivity index (χ2n) is 6.37. The van der Waals surface area contributed by atoms with E-state index in [2.05, 4.69) is 33.8 Å². The van der Waals surface area contributed by atoms with Crippen molar-refractivity contribution in [1.29, 1.82) is 0 Å². The van der Waals surface area contributed by atoms with Crippen molar-refractivity contribution in [1.82, 2.24) is 24.9 Å². The van der Waals surface area contributed by atoms with Crippen LogP contribution in [0.2, 0.25) is 0 Å². The molecule has 0 spiro atoms. The molecule has 0 radical (unpaired) electrons. The normalized spacial score (nSPS) is 10.8. The van der Waals surface area contributed by atoms with Gasteiger partial charge in [0.25, 0.3) is 0 Å². The second kappa shape index (κ2) is 8.77. The summed E-state index contributed by atoms with van der Waals surface area (Å²) in [6.07, 6.45) is 2.70. The van der Waals surface area contributed by atoms with Crippen LogP contribution in [0, 0.1) is 19.7 Å². The SMILES string of the molecule is Cc1cc(C)n(CCCNC(=S)Nc2ccn(Cc3ccccc3F)n2)n1. The molecule has 8 heteroatoms. The van der Waals surface area contributed by atoms with Crippen molar-refractivity contribution in [3.05, 3.63) is 65.4 Å². The topological polar surface area (TPSA) is 59.7 Å². The van der Waals surface area contributed by atoms with Crippen LogP contribution in [-0.2, 0) is 13.1 Å². The Kier molecular flexibility index (Phi) is 6.18. The van der Waals surface area contributed by atoms with Crippen molar-refractivity contribution >= 4 is 23.1 Å². The Hall–Kier alpha value is -2.74. The van der Waals surface area contributed by atoms with Gasteiger partial charge in [-0.2, -0.15) is 10.2 Å². The van der Waals surface area contributed by atoms with E-state index in [9.17, 15) is 4.39 Å². The van der Waals surface area contributed by atoms with E-state index in [1.54, 1.807) is 23.0 Å². The summed E-state index contributed by atoms with van der Waals surface area (Å²) in [6, 6.07) is 10.6. The van der Waals surface area contributed by atoms with E-state index in [-0.39, 0.29) is 5.82 Å². The maximum absolute atomic E-state index is 13.7. The molecule has 0 aliphatic carbocycles. The van der Waals surface area contributed by atoms with Crippen LogP contribution in [0.1, 0.15) is 23.4 Å². The molecule has 0 fully saturated rings. The van der Waals surface area contributed by atoms with E-state index in [0.717, 1.165) is 30.9 Å².